The van der Waals surface area contributed by atoms with Gasteiger partial charge in [-0.15, -0.1) is 0 Å². The molecule has 0 spiro atoms. The van der Waals surface area contributed by atoms with Crippen LogP contribution in [0.4, 0.5) is 0 Å². The third kappa shape index (κ3) is 4.01. The van der Waals surface area contributed by atoms with Crippen LogP contribution in [0, 0.1) is 5.92 Å². The van der Waals surface area contributed by atoms with E-state index in [0.29, 0.717) is 19.0 Å². The second-order valence-electron chi connectivity index (χ2n) is 4.76. The molecular weight excluding hydrogens is 264 g/mol. The van der Waals surface area contributed by atoms with E-state index in [9.17, 15) is 8.42 Å². The molecule has 0 aromatic heterocycles. The molecule has 19 heavy (non-hydrogen) atoms. The van der Waals surface area contributed by atoms with Gasteiger partial charge in [0.2, 0.25) is 10.0 Å². The van der Waals surface area contributed by atoms with Crippen molar-refractivity contribution in [1.82, 2.24) is 4.72 Å². The lowest BCUT2D eigenvalue weighted by atomic mass is 10.0. The smallest absolute Gasteiger partial charge is 0.240 e. The Bertz CT molecular complexity index is 493. The molecule has 106 valence electrons. The van der Waals surface area contributed by atoms with Crippen molar-refractivity contribution >= 4 is 10.0 Å². The molecule has 0 unspecified atom stereocenters. The Kier molecular flexibility index (Phi) is 4.93. The van der Waals surface area contributed by atoms with Crippen LogP contribution in [0.15, 0.2) is 29.2 Å². The zero-order valence-electron chi connectivity index (χ0n) is 10.8. The second-order valence-corrected chi connectivity index (χ2v) is 6.52. The van der Waals surface area contributed by atoms with Crippen LogP contribution in [0.25, 0.3) is 0 Å². The van der Waals surface area contributed by atoms with Gasteiger partial charge in [-0.2, -0.15) is 0 Å². The number of nitrogens with one attached hydrogen (secondary N) is 1. The first-order chi connectivity index (χ1) is 9.12. The first-order valence-electron chi connectivity index (χ1n) is 6.48. The minimum atomic E-state index is -3.42. The lowest BCUT2D eigenvalue weighted by Gasteiger charge is -2.22. The molecule has 0 radical (unpaired) electrons. The number of ether oxygens (including phenoxy) is 1. The summed E-state index contributed by atoms with van der Waals surface area (Å²) in [6.07, 6.45) is 1.82. The van der Waals surface area contributed by atoms with Gasteiger partial charge < -0.3 is 10.5 Å². The van der Waals surface area contributed by atoms with Crippen molar-refractivity contribution < 1.29 is 13.2 Å². The van der Waals surface area contributed by atoms with E-state index in [0.717, 1.165) is 31.6 Å². The molecule has 3 N–H and O–H groups in total. The van der Waals surface area contributed by atoms with Gasteiger partial charge in [0.1, 0.15) is 0 Å². The zero-order chi connectivity index (χ0) is 13.7. The Balaban J connectivity index is 1.96. The molecule has 1 aliphatic rings. The third-order valence-corrected chi connectivity index (χ3v) is 4.81. The Morgan fingerprint density at radius 2 is 1.84 bits per heavy atom. The summed E-state index contributed by atoms with van der Waals surface area (Å²) in [5.74, 6) is 0.367. The van der Waals surface area contributed by atoms with Crippen LogP contribution in [0.3, 0.4) is 0 Å². The fraction of sp³-hybridized carbons (Fsp3) is 0.538. The van der Waals surface area contributed by atoms with E-state index in [1.807, 2.05) is 0 Å². The molecule has 0 amide bonds. The molecule has 0 atom stereocenters. The fourth-order valence-electron chi connectivity index (χ4n) is 2.07. The van der Waals surface area contributed by atoms with Crippen LogP contribution in [0.2, 0.25) is 0 Å². The maximum atomic E-state index is 12.1. The van der Waals surface area contributed by atoms with Crippen molar-refractivity contribution in [2.24, 2.45) is 11.7 Å². The van der Waals surface area contributed by atoms with Crippen molar-refractivity contribution in [2.45, 2.75) is 24.3 Å². The monoisotopic (exact) mass is 284 g/mol. The fourth-order valence-corrected chi connectivity index (χ4v) is 3.18. The largest absolute Gasteiger partial charge is 0.381 e. The average Bonchev–Trinajstić information content (AvgIpc) is 2.46. The van der Waals surface area contributed by atoms with Crippen molar-refractivity contribution in [1.29, 1.82) is 0 Å². The van der Waals surface area contributed by atoms with Crippen LogP contribution in [0.1, 0.15) is 18.4 Å². The summed E-state index contributed by atoms with van der Waals surface area (Å²) in [4.78, 5) is 0.289. The molecule has 6 heteroatoms. The van der Waals surface area contributed by atoms with E-state index in [2.05, 4.69) is 4.72 Å². The quantitative estimate of drug-likeness (QED) is 0.840. The van der Waals surface area contributed by atoms with E-state index >= 15 is 0 Å². The molecule has 5 nitrogen and oxygen atoms in total. The van der Waals surface area contributed by atoms with Gasteiger partial charge in [0, 0.05) is 26.3 Å². The predicted octanol–water partition coefficient (Wildman–Crippen LogP) is 0.850. The van der Waals surface area contributed by atoms with Crippen molar-refractivity contribution in [3.63, 3.8) is 0 Å². The van der Waals surface area contributed by atoms with E-state index in [4.69, 9.17) is 10.5 Å². The molecule has 1 aliphatic heterocycles. The van der Waals surface area contributed by atoms with Gasteiger partial charge >= 0.3 is 0 Å². The summed E-state index contributed by atoms with van der Waals surface area (Å²) in [6, 6.07) is 6.66. The number of nitrogens with two attached hydrogens (primary N) is 1. The zero-order valence-corrected chi connectivity index (χ0v) is 11.7. The summed E-state index contributed by atoms with van der Waals surface area (Å²) in [5, 5.41) is 0. The van der Waals surface area contributed by atoms with Crippen LogP contribution in [-0.4, -0.2) is 28.2 Å². The van der Waals surface area contributed by atoms with Crippen LogP contribution in [0.5, 0.6) is 0 Å². The third-order valence-electron chi connectivity index (χ3n) is 3.37. The maximum absolute atomic E-state index is 12.1. The Morgan fingerprint density at radius 3 is 2.42 bits per heavy atom. The van der Waals surface area contributed by atoms with Gasteiger partial charge in [-0.1, -0.05) is 12.1 Å². The van der Waals surface area contributed by atoms with Crippen LogP contribution < -0.4 is 10.5 Å². The minimum Gasteiger partial charge on any atom is -0.381 e. The highest BCUT2D eigenvalue weighted by molar-refractivity contribution is 7.89. The van der Waals surface area contributed by atoms with Crippen molar-refractivity contribution in [3.05, 3.63) is 29.8 Å². The van der Waals surface area contributed by atoms with Gasteiger partial charge in [-0.3, -0.25) is 0 Å². The molecule has 1 fully saturated rings. The second kappa shape index (κ2) is 6.47. The Labute approximate surface area is 114 Å². The predicted molar refractivity (Wildman–Crippen MR) is 73.1 cm³/mol. The first kappa shape index (κ1) is 14.5. The topological polar surface area (TPSA) is 81.4 Å². The summed E-state index contributed by atoms with van der Waals surface area (Å²) < 4.78 is 32.1. The molecule has 1 saturated heterocycles. The lowest BCUT2D eigenvalue weighted by Crippen LogP contribution is -2.32. The highest BCUT2D eigenvalue weighted by Crippen LogP contribution is 2.15. The van der Waals surface area contributed by atoms with E-state index in [1.165, 1.54) is 0 Å². The molecule has 1 aromatic carbocycles. The first-order valence-corrected chi connectivity index (χ1v) is 7.96. The van der Waals surface area contributed by atoms with Gasteiger partial charge in [0.05, 0.1) is 4.90 Å². The minimum absolute atomic E-state index is 0.289. The standard InChI is InChI=1S/C13H20N2O3S/c14-9-11-1-3-13(4-2-11)19(16,17)15-10-12-5-7-18-8-6-12/h1-4,12,15H,5-10,14H2. The van der Waals surface area contributed by atoms with Crippen molar-refractivity contribution in [2.75, 3.05) is 19.8 Å². The molecule has 1 heterocycles. The average molecular weight is 284 g/mol. The highest BCUT2D eigenvalue weighted by atomic mass is 32.2. The number of hydrogen-bond acceptors (Lipinski definition) is 4. The summed E-state index contributed by atoms with van der Waals surface area (Å²) >= 11 is 0. The molecule has 0 saturated carbocycles. The number of rotatable bonds is 5. The van der Waals surface area contributed by atoms with E-state index in [-0.39, 0.29) is 4.90 Å². The van der Waals surface area contributed by atoms with Gasteiger partial charge in [-0.25, -0.2) is 13.1 Å². The normalized spacial score (nSPS) is 17.5. The summed E-state index contributed by atoms with van der Waals surface area (Å²) in [6.45, 7) is 2.33. The summed E-state index contributed by atoms with van der Waals surface area (Å²) in [5.41, 5.74) is 6.41. The van der Waals surface area contributed by atoms with Gasteiger partial charge in [0.25, 0.3) is 0 Å². The Morgan fingerprint density at radius 1 is 1.21 bits per heavy atom. The number of benzene rings is 1. The maximum Gasteiger partial charge on any atom is 0.240 e. The Hall–Kier alpha value is -0.950. The van der Waals surface area contributed by atoms with Gasteiger partial charge in [0.15, 0.2) is 0 Å². The molecule has 1 aromatic rings. The SMILES string of the molecule is NCc1ccc(S(=O)(=O)NCC2CCOCC2)cc1. The summed E-state index contributed by atoms with van der Waals surface area (Å²) in [7, 11) is -3.42. The van der Waals surface area contributed by atoms with E-state index < -0.39 is 10.0 Å². The number of hydrogen-bond donors (Lipinski definition) is 2. The van der Waals surface area contributed by atoms with Crippen LogP contribution >= 0.6 is 0 Å². The lowest BCUT2D eigenvalue weighted by molar-refractivity contribution is 0.0678. The number of sulfonamides is 1. The molecular formula is C13H20N2O3S. The molecule has 0 aliphatic carbocycles. The molecule has 0 bridgehead atoms. The highest BCUT2D eigenvalue weighted by Gasteiger charge is 2.18. The van der Waals surface area contributed by atoms with Gasteiger partial charge in [-0.05, 0) is 36.5 Å². The van der Waals surface area contributed by atoms with E-state index in [1.54, 1.807) is 24.3 Å². The molecule has 2 rings (SSSR count). The van der Waals surface area contributed by atoms with Crippen molar-refractivity contribution in [3.8, 4) is 0 Å². The van der Waals surface area contributed by atoms with Crippen LogP contribution in [-0.2, 0) is 21.3 Å².